The van der Waals surface area contributed by atoms with Crippen LogP contribution in [0.5, 0.6) is 17.2 Å². The molecule has 0 radical (unpaired) electrons. The molecule has 0 saturated carbocycles. The summed E-state index contributed by atoms with van der Waals surface area (Å²) in [5.74, 6) is 1.57. The van der Waals surface area contributed by atoms with E-state index in [0.29, 0.717) is 48.8 Å². The maximum Gasteiger partial charge on any atom is 0.343 e. The topological polar surface area (TPSA) is 90.1 Å². The Morgan fingerprint density at radius 2 is 1.11 bits per heavy atom. The maximum atomic E-state index is 14.0. The molecule has 54 heavy (non-hydrogen) atoms. The van der Waals surface area contributed by atoms with Gasteiger partial charge in [-0.1, -0.05) is 50.5 Å². The number of amides is 1. The number of unbranched alkanes of at least 4 members (excludes halogenated alkanes) is 5. The third-order valence-corrected chi connectivity index (χ3v) is 10.1. The van der Waals surface area contributed by atoms with E-state index in [9.17, 15) is 9.59 Å². The lowest BCUT2D eigenvalue weighted by Gasteiger charge is -2.23. The second-order valence-electron chi connectivity index (χ2n) is 14.4. The van der Waals surface area contributed by atoms with E-state index in [1.807, 2.05) is 83.8 Å². The molecule has 282 valence electrons. The molecule has 2 atom stereocenters. The molecule has 2 fully saturated rings. The quantitative estimate of drug-likeness (QED) is 0.0321. The van der Waals surface area contributed by atoms with Gasteiger partial charge >= 0.3 is 5.97 Å². The normalized spacial score (nSPS) is 15.9. The molecule has 8 heteroatoms. The van der Waals surface area contributed by atoms with E-state index in [4.69, 9.17) is 23.7 Å². The molecule has 0 spiro atoms. The summed E-state index contributed by atoms with van der Waals surface area (Å²) in [6.45, 7) is 5.92. The maximum absolute atomic E-state index is 14.0. The molecule has 2 unspecified atom stereocenters. The van der Waals surface area contributed by atoms with Crippen molar-refractivity contribution in [2.75, 3.05) is 37.9 Å². The van der Waals surface area contributed by atoms with Crippen LogP contribution in [0.25, 0.3) is 21.5 Å². The molecule has 2 aliphatic rings. The number of benzene rings is 5. The summed E-state index contributed by atoms with van der Waals surface area (Å²) in [4.78, 5) is 29.1. The summed E-state index contributed by atoms with van der Waals surface area (Å²) in [7, 11) is 0. The van der Waals surface area contributed by atoms with Crippen LogP contribution in [-0.4, -0.2) is 57.1 Å². The number of anilines is 1. The highest BCUT2D eigenvalue weighted by atomic mass is 16.6. The molecule has 7 rings (SSSR count). The molecule has 2 saturated heterocycles. The van der Waals surface area contributed by atoms with Gasteiger partial charge in [-0.15, -0.1) is 0 Å². The minimum Gasteiger partial charge on any atom is -0.494 e. The number of hydrogen-bond donors (Lipinski definition) is 0. The molecule has 0 aliphatic carbocycles. The minimum atomic E-state index is -0.439. The zero-order valence-corrected chi connectivity index (χ0v) is 31.3. The lowest BCUT2D eigenvalue weighted by molar-refractivity contribution is 0.0734. The van der Waals surface area contributed by atoms with Crippen LogP contribution < -0.4 is 19.1 Å². The summed E-state index contributed by atoms with van der Waals surface area (Å²) in [5.41, 5.74) is 1.84. The van der Waals surface area contributed by atoms with Crippen LogP contribution in [0.1, 0.15) is 91.8 Å². The smallest absolute Gasteiger partial charge is 0.343 e. The average molecular weight is 730 g/mol. The van der Waals surface area contributed by atoms with E-state index < -0.39 is 5.97 Å². The lowest BCUT2D eigenvalue weighted by Crippen LogP contribution is -2.32. The first-order valence-electron chi connectivity index (χ1n) is 19.7. The Bertz CT molecular complexity index is 2020. The Balaban J connectivity index is 0.966. The van der Waals surface area contributed by atoms with Crippen molar-refractivity contribution in [2.45, 2.75) is 83.3 Å². The van der Waals surface area contributed by atoms with Crippen molar-refractivity contribution in [1.82, 2.24) is 0 Å². The van der Waals surface area contributed by atoms with Crippen molar-refractivity contribution in [2.24, 2.45) is 0 Å². The van der Waals surface area contributed by atoms with Gasteiger partial charge in [0.05, 0.1) is 44.2 Å². The molecule has 0 bridgehead atoms. The van der Waals surface area contributed by atoms with Crippen LogP contribution in [0, 0.1) is 0 Å². The van der Waals surface area contributed by atoms with Crippen molar-refractivity contribution in [3.05, 3.63) is 108 Å². The van der Waals surface area contributed by atoms with E-state index in [-0.39, 0.29) is 5.91 Å². The molecule has 2 aliphatic heterocycles. The van der Waals surface area contributed by atoms with Crippen LogP contribution in [0.15, 0.2) is 97.1 Å². The fourth-order valence-electron chi connectivity index (χ4n) is 6.75. The van der Waals surface area contributed by atoms with Gasteiger partial charge in [0.1, 0.15) is 17.2 Å². The highest BCUT2D eigenvalue weighted by Gasteiger charge is 2.22. The number of hydrogen-bond acceptors (Lipinski definition) is 7. The zero-order valence-electron chi connectivity index (χ0n) is 31.3. The minimum absolute atomic E-state index is 0.0634. The van der Waals surface area contributed by atoms with Crippen LogP contribution in [0.2, 0.25) is 0 Å². The first-order valence-corrected chi connectivity index (χ1v) is 19.7. The largest absolute Gasteiger partial charge is 0.494 e. The first kappa shape index (κ1) is 37.4. The predicted octanol–water partition coefficient (Wildman–Crippen LogP) is 10.3. The third kappa shape index (κ3) is 10.6. The molecule has 0 N–H and O–H groups in total. The number of fused-ring (bicyclic) bond motifs is 2. The van der Waals surface area contributed by atoms with Gasteiger partial charge in [-0.2, -0.15) is 0 Å². The summed E-state index contributed by atoms with van der Waals surface area (Å²) >= 11 is 0. The summed E-state index contributed by atoms with van der Waals surface area (Å²) in [6.07, 6.45) is 11.5. The summed E-state index contributed by atoms with van der Waals surface area (Å²) < 4.78 is 28.3. The number of nitrogens with zero attached hydrogens (tertiary/aromatic N) is 1. The van der Waals surface area contributed by atoms with Crippen molar-refractivity contribution in [1.29, 1.82) is 0 Å². The van der Waals surface area contributed by atoms with E-state index in [0.717, 1.165) is 116 Å². The van der Waals surface area contributed by atoms with Gasteiger partial charge in [-0.25, -0.2) is 4.79 Å². The Morgan fingerprint density at radius 3 is 1.69 bits per heavy atom. The van der Waals surface area contributed by atoms with E-state index in [2.05, 4.69) is 6.92 Å². The van der Waals surface area contributed by atoms with Gasteiger partial charge < -0.3 is 28.6 Å². The van der Waals surface area contributed by atoms with Gasteiger partial charge in [-0.05, 0) is 139 Å². The molecule has 1 amide bonds. The van der Waals surface area contributed by atoms with Gasteiger partial charge in [-0.3, -0.25) is 4.79 Å². The molecular weight excluding hydrogens is 679 g/mol. The highest BCUT2D eigenvalue weighted by molar-refractivity contribution is 6.08. The monoisotopic (exact) mass is 729 g/mol. The standard InChI is InChI=1S/C46H51NO7/c1-2-3-4-7-24-47(45(48)37-14-12-35-29-41(20-16-33(35)27-37)50-25-8-5-10-43-31-52-43)39-18-22-40(23-19-39)54-46(49)38-15-13-36-30-42(21-17-34(36)28-38)51-26-9-6-11-44-32-53-44/h12-23,27-30,43-44H,2-11,24-26,31-32H2,1H3. The number of carbonyl (C=O) groups excluding carboxylic acids is 2. The average Bonchev–Trinajstić information content (AvgIpc) is 4.15. The second kappa shape index (κ2) is 18.4. The van der Waals surface area contributed by atoms with Crippen molar-refractivity contribution in [3.8, 4) is 17.2 Å². The van der Waals surface area contributed by atoms with Gasteiger partial charge in [0.15, 0.2) is 0 Å². The fourth-order valence-corrected chi connectivity index (χ4v) is 6.75. The Morgan fingerprint density at radius 1 is 0.593 bits per heavy atom. The Hall–Kier alpha value is -4.92. The van der Waals surface area contributed by atoms with E-state index >= 15 is 0 Å². The summed E-state index contributed by atoms with van der Waals surface area (Å²) in [5, 5.41) is 3.95. The van der Waals surface area contributed by atoms with Gasteiger partial charge in [0.2, 0.25) is 0 Å². The summed E-state index contributed by atoms with van der Waals surface area (Å²) in [6, 6.07) is 30.5. The van der Waals surface area contributed by atoms with Crippen molar-refractivity contribution >= 4 is 39.1 Å². The number of ether oxygens (including phenoxy) is 5. The highest BCUT2D eigenvalue weighted by Crippen LogP contribution is 2.28. The molecule has 0 aromatic heterocycles. The number of epoxide rings is 2. The van der Waals surface area contributed by atoms with Crippen molar-refractivity contribution < 1.29 is 33.3 Å². The number of esters is 1. The SMILES string of the molecule is CCCCCCN(C(=O)c1ccc2cc(OCCCCC3CO3)ccc2c1)c1ccc(OC(=O)c2ccc3cc(OCCCCC4CO4)ccc3c2)cc1. The van der Waals surface area contributed by atoms with Crippen molar-refractivity contribution in [3.63, 3.8) is 0 Å². The van der Waals surface area contributed by atoms with Crippen LogP contribution in [-0.2, 0) is 9.47 Å². The molecule has 8 nitrogen and oxygen atoms in total. The molecule has 2 heterocycles. The molecule has 5 aromatic rings. The zero-order chi connectivity index (χ0) is 37.1. The predicted molar refractivity (Wildman–Crippen MR) is 213 cm³/mol. The van der Waals surface area contributed by atoms with Crippen LogP contribution >= 0.6 is 0 Å². The third-order valence-electron chi connectivity index (χ3n) is 10.1. The first-order chi connectivity index (χ1) is 26.5. The van der Waals surface area contributed by atoms with Gasteiger partial charge in [0, 0.05) is 17.8 Å². The lowest BCUT2D eigenvalue weighted by atomic mass is 10.0. The van der Waals surface area contributed by atoms with Gasteiger partial charge in [0.25, 0.3) is 5.91 Å². The van der Waals surface area contributed by atoms with E-state index in [1.54, 1.807) is 18.2 Å². The Kier molecular flexibility index (Phi) is 12.8. The van der Waals surface area contributed by atoms with Crippen LogP contribution in [0.4, 0.5) is 5.69 Å². The van der Waals surface area contributed by atoms with E-state index in [1.165, 1.54) is 0 Å². The number of rotatable bonds is 21. The van der Waals surface area contributed by atoms with Crippen LogP contribution in [0.3, 0.4) is 0 Å². The second-order valence-corrected chi connectivity index (χ2v) is 14.4. The Labute approximate surface area is 318 Å². The molecule has 5 aromatic carbocycles. The molecular formula is C46H51NO7. The number of carbonyl (C=O) groups is 2. The fraction of sp³-hybridized carbons (Fsp3) is 0.391.